The lowest BCUT2D eigenvalue weighted by Gasteiger charge is -2.42. The number of hydrogen-bond donors (Lipinski definition) is 1. The van der Waals surface area contributed by atoms with Crippen LogP contribution in [0.2, 0.25) is 5.02 Å². The number of nitro benzene ring substituents is 1. The van der Waals surface area contributed by atoms with Crippen LogP contribution in [0.5, 0.6) is 5.75 Å². The van der Waals surface area contributed by atoms with Crippen LogP contribution in [-0.2, 0) is 0 Å². The fourth-order valence-electron chi connectivity index (χ4n) is 3.03. The number of nitrogens with zero attached hydrogens (tertiary/aromatic N) is 3. The number of non-ortho nitro benzene ring substituents is 1. The van der Waals surface area contributed by atoms with E-state index in [4.69, 9.17) is 16.3 Å². The quantitative estimate of drug-likeness (QED) is 0.622. The molecule has 0 spiro atoms. The number of hydrogen-bond acceptors (Lipinski definition) is 7. The molecule has 1 aromatic carbocycles. The molecule has 0 amide bonds. The highest BCUT2D eigenvalue weighted by Gasteiger charge is 2.45. The van der Waals surface area contributed by atoms with Crippen LogP contribution in [-0.4, -0.2) is 31.2 Å². The van der Waals surface area contributed by atoms with Gasteiger partial charge in [-0.1, -0.05) is 11.6 Å². The van der Waals surface area contributed by atoms with E-state index in [1.54, 1.807) is 13.8 Å². The zero-order chi connectivity index (χ0) is 20.1. The van der Waals surface area contributed by atoms with Crippen LogP contribution in [0.25, 0.3) is 0 Å². The molecule has 0 saturated heterocycles. The molecule has 1 N–H and O–H groups in total. The maximum absolute atomic E-state index is 12.6. The molecule has 2 heterocycles. The molecule has 1 aromatic heterocycles. The van der Waals surface area contributed by atoms with Crippen molar-refractivity contribution in [2.24, 2.45) is 0 Å². The Kier molecular flexibility index (Phi) is 4.40. The summed E-state index contributed by atoms with van der Waals surface area (Å²) in [5.74, 6) is 0.218. The average Bonchev–Trinajstić information content (AvgIpc) is 2.58. The molecular weight excluding hydrogens is 382 g/mol. The summed E-state index contributed by atoms with van der Waals surface area (Å²) < 4.78 is 6.63. The summed E-state index contributed by atoms with van der Waals surface area (Å²) in [7, 11) is 0. The zero-order valence-electron chi connectivity index (χ0n) is 14.2. The molecule has 0 aliphatic carbocycles. The van der Waals surface area contributed by atoms with E-state index in [0.29, 0.717) is 0 Å². The number of benzene rings is 1. The highest BCUT2D eigenvalue weighted by atomic mass is 35.5. The predicted molar refractivity (Wildman–Crippen MR) is 94.3 cm³/mol. The van der Waals surface area contributed by atoms with Crippen LogP contribution in [0.15, 0.2) is 35.3 Å². The molecule has 27 heavy (non-hydrogen) atoms. The molecule has 10 nitrogen and oxygen atoms in total. The van der Waals surface area contributed by atoms with Gasteiger partial charge in [0.05, 0.1) is 22.1 Å². The third kappa shape index (κ3) is 3.13. The molecular formula is C16H14ClN3O7. The minimum atomic E-state index is -1.34. The van der Waals surface area contributed by atoms with E-state index < -0.39 is 43.9 Å². The van der Waals surface area contributed by atoms with Gasteiger partial charge in [0.15, 0.2) is 0 Å². The van der Waals surface area contributed by atoms with Crippen molar-refractivity contribution in [1.29, 1.82) is 0 Å². The summed E-state index contributed by atoms with van der Waals surface area (Å²) in [6, 6.07) is 3.49. The summed E-state index contributed by atoms with van der Waals surface area (Å²) in [6.07, 6.45) is -0.394. The first-order valence-electron chi connectivity index (χ1n) is 7.74. The van der Waals surface area contributed by atoms with Gasteiger partial charge >= 0.3 is 0 Å². The Labute approximate surface area is 156 Å². The molecule has 2 aromatic rings. The first-order valence-corrected chi connectivity index (χ1v) is 8.12. The van der Waals surface area contributed by atoms with Crippen molar-refractivity contribution in [2.75, 3.05) is 0 Å². The predicted octanol–water partition coefficient (Wildman–Crippen LogP) is 2.44. The number of fused-ring (bicyclic) bond motifs is 1. The fraction of sp³-hybridized carbons (Fsp3) is 0.312. The van der Waals surface area contributed by atoms with E-state index in [-0.39, 0.29) is 17.0 Å². The SMILES string of the molecule is CC1(C)Oc2ccc([N+](=O)[O-])cc2C(n2cc([N+](=O)[O-])cc(Cl)c2=O)C1O. The van der Waals surface area contributed by atoms with Gasteiger partial charge in [-0.05, 0) is 19.9 Å². The van der Waals surface area contributed by atoms with Gasteiger partial charge in [-0.15, -0.1) is 0 Å². The molecule has 3 rings (SSSR count). The van der Waals surface area contributed by atoms with Gasteiger partial charge < -0.3 is 9.84 Å². The largest absolute Gasteiger partial charge is 0.485 e. The van der Waals surface area contributed by atoms with Crippen molar-refractivity contribution >= 4 is 23.0 Å². The van der Waals surface area contributed by atoms with E-state index in [9.17, 15) is 30.1 Å². The lowest BCUT2D eigenvalue weighted by atomic mass is 9.86. The second kappa shape index (κ2) is 6.32. The van der Waals surface area contributed by atoms with Crippen molar-refractivity contribution in [3.05, 3.63) is 71.6 Å². The van der Waals surface area contributed by atoms with Crippen LogP contribution in [0.3, 0.4) is 0 Å². The Morgan fingerprint density at radius 1 is 1.19 bits per heavy atom. The lowest BCUT2D eigenvalue weighted by Crippen LogP contribution is -2.52. The van der Waals surface area contributed by atoms with E-state index in [2.05, 4.69) is 0 Å². The van der Waals surface area contributed by atoms with Crippen molar-refractivity contribution in [1.82, 2.24) is 4.57 Å². The number of halogens is 1. The number of aliphatic hydroxyl groups excluding tert-OH is 1. The number of pyridine rings is 1. The topological polar surface area (TPSA) is 138 Å². The second-order valence-corrected chi connectivity index (χ2v) is 7.00. The van der Waals surface area contributed by atoms with Crippen LogP contribution in [0.1, 0.15) is 25.5 Å². The molecule has 0 radical (unpaired) electrons. The summed E-state index contributed by atoms with van der Waals surface area (Å²) in [5.41, 5.74) is -2.54. The Hall–Kier alpha value is -2.98. The van der Waals surface area contributed by atoms with Crippen LogP contribution in [0, 0.1) is 20.2 Å². The summed E-state index contributed by atoms with van der Waals surface area (Å²) in [4.78, 5) is 33.5. The third-order valence-corrected chi connectivity index (χ3v) is 4.67. The van der Waals surface area contributed by atoms with Gasteiger partial charge in [0.1, 0.15) is 22.5 Å². The lowest BCUT2D eigenvalue weighted by molar-refractivity contribution is -0.385. The van der Waals surface area contributed by atoms with Crippen molar-refractivity contribution < 1.29 is 19.7 Å². The zero-order valence-corrected chi connectivity index (χ0v) is 14.9. The third-order valence-electron chi connectivity index (χ3n) is 4.40. The standard InChI is InChI=1S/C16H14ClN3O7/c1-16(2)14(21)13(10-5-8(19(23)24)3-4-12(10)27-16)18-7-9(20(25)26)6-11(17)15(18)22/h3-7,13-14,21H,1-2H3. The molecule has 0 saturated carbocycles. The first-order chi connectivity index (χ1) is 12.5. The Morgan fingerprint density at radius 3 is 2.41 bits per heavy atom. The molecule has 1 aliphatic heterocycles. The maximum atomic E-state index is 12.6. The summed E-state index contributed by atoms with van der Waals surface area (Å²) in [5, 5.41) is 32.7. The van der Waals surface area contributed by atoms with E-state index in [1.807, 2.05) is 0 Å². The minimum Gasteiger partial charge on any atom is -0.485 e. The number of aromatic nitrogens is 1. The molecule has 2 atom stereocenters. The van der Waals surface area contributed by atoms with Crippen molar-refractivity contribution in [3.8, 4) is 5.75 Å². The van der Waals surface area contributed by atoms with Crippen LogP contribution >= 0.6 is 11.6 Å². The van der Waals surface area contributed by atoms with Crippen LogP contribution < -0.4 is 10.3 Å². The number of aliphatic hydroxyl groups is 1. The van der Waals surface area contributed by atoms with Gasteiger partial charge in [-0.3, -0.25) is 29.6 Å². The molecule has 2 unspecified atom stereocenters. The fourth-order valence-corrected chi connectivity index (χ4v) is 3.24. The molecule has 142 valence electrons. The number of ether oxygens (including phenoxy) is 1. The molecule has 0 fully saturated rings. The monoisotopic (exact) mass is 395 g/mol. The van der Waals surface area contributed by atoms with Gasteiger partial charge in [0, 0.05) is 23.8 Å². The summed E-state index contributed by atoms with van der Waals surface area (Å²) in [6.45, 7) is 3.14. The smallest absolute Gasteiger partial charge is 0.287 e. The maximum Gasteiger partial charge on any atom is 0.287 e. The van der Waals surface area contributed by atoms with Crippen molar-refractivity contribution in [2.45, 2.75) is 31.6 Å². The normalized spacial score (nSPS) is 20.4. The van der Waals surface area contributed by atoms with Gasteiger partial charge in [-0.25, -0.2) is 0 Å². The summed E-state index contributed by atoms with van der Waals surface area (Å²) >= 11 is 5.85. The Bertz CT molecular complexity index is 1020. The van der Waals surface area contributed by atoms with Gasteiger partial charge in [0.2, 0.25) is 0 Å². The van der Waals surface area contributed by atoms with E-state index in [0.717, 1.165) is 22.9 Å². The average molecular weight is 396 g/mol. The molecule has 1 aliphatic rings. The highest BCUT2D eigenvalue weighted by Crippen LogP contribution is 2.43. The first kappa shape index (κ1) is 18.8. The number of nitro groups is 2. The Balaban J connectivity index is 2.32. The number of rotatable bonds is 3. The van der Waals surface area contributed by atoms with Crippen molar-refractivity contribution in [3.63, 3.8) is 0 Å². The molecule has 11 heteroatoms. The van der Waals surface area contributed by atoms with Gasteiger partial charge in [-0.2, -0.15) is 0 Å². The van der Waals surface area contributed by atoms with E-state index in [1.165, 1.54) is 12.1 Å². The highest BCUT2D eigenvalue weighted by molar-refractivity contribution is 6.30. The molecule has 0 bridgehead atoms. The second-order valence-electron chi connectivity index (χ2n) is 6.59. The minimum absolute atomic E-state index is 0.148. The Morgan fingerprint density at radius 2 is 1.81 bits per heavy atom. The van der Waals surface area contributed by atoms with Crippen LogP contribution in [0.4, 0.5) is 11.4 Å². The van der Waals surface area contributed by atoms with E-state index >= 15 is 0 Å². The van der Waals surface area contributed by atoms with Gasteiger partial charge in [0.25, 0.3) is 16.9 Å².